The molecule has 0 saturated heterocycles. The molecule has 0 unspecified atom stereocenters. The lowest BCUT2D eigenvalue weighted by molar-refractivity contribution is -0.139. The van der Waals surface area contributed by atoms with E-state index in [-0.39, 0.29) is 29.1 Å². The Morgan fingerprint density at radius 3 is 2.26 bits per heavy atom. The summed E-state index contributed by atoms with van der Waals surface area (Å²) in [5, 5.41) is 3.30. The fourth-order valence-electron chi connectivity index (χ4n) is 3.69. The van der Waals surface area contributed by atoms with Gasteiger partial charge >= 0.3 is 0 Å². The zero-order valence-electron chi connectivity index (χ0n) is 19.8. The first-order chi connectivity index (χ1) is 17.0. The van der Waals surface area contributed by atoms with Crippen molar-refractivity contribution in [2.75, 3.05) is 12.3 Å². The van der Waals surface area contributed by atoms with Crippen molar-refractivity contribution < 1.29 is 14.0 Å². The van der Waals surface area contributed by atoms with Crippen LogP contribution in [0.25, 0.3) is 0 Å². The summed E-state index contributed by atoms with van der Waals surface area (Å²) >= 11 is 7.43. The highest BCUT2D eigenvalue weighted by Crippen LogP contribution is 2.25. The van der Waals surface area contributed by atoms with Crippen molar-refractivity contribution in [3.63, 3.8) is 0 Å². The van der Waals surface area contributed by atoms with E-state index in [0.29, 0.717) is 30.1 Å². The minimum absolute atomic E-state index is 0.101. The van der Waals surface area contributed by atoms with E-state index in [1.54, 1.807) is 17.0 Å². The van der Waals surface area contributed by atoms with Crippen LogP contribution in [0.4, 0.5) is 4.39 Å². The fourth-order valence-corrected chi connectivity index (χ4v) is 4.94. The third kappa shape index (κ3) is 8.11. The topological polar surface area (TPSA) is 49.4 Å². The van der Waals surface area contributed by atoms with Gasteiger partial charge in [-0.1, -0.05) is 85.3 Å². The Balaban J connectivity index is 1.82. The SMILES string of the molecule is CCCNC(=O)[C@@H](Cc1ccccc1)N(Cc1ccccc1)C(=O)CSCc1c(F)cccc1Cl. The molecule has 184 valence electrons. The van der Waals surface area contributed by atoms with Gasteiger partial charge in [0.1, 0.15) is 11.9 Å². The molecule has 3 rings (SSSR count). The van der Waals surface area contributed by atoms with Gasteiger partial charge < -0.3 is 10.2 Å². The quantitative estimate of drug-likeness (QED) is 0.330. The summed E-state index contributed by atoms with van der Waals surface area (Å²) in [7, 11) is 0. The molecule has 2 amide bonds. The van der Waals surface area contributed by atoms with E-state index >= 15 is 0 Å². The van der Waals surface area contributed by atoms with E-state index in [2.05, 4.69) is 5.32 Å². The van der Waals surface area contributed by atoms with Gasteiger partial charge in [0.2, 0.25) is 11.8 Å². The molecule has 35 heavy (non-hydrogen) atoms. The first-order valence-corrected chi connectivity index (χ1v) is 13.2. The maximum absolute atomic E-state index is 14.2. The standard InChI is InChI=1S/C28H30ClFN2O2S/c1-2-16-31-28(34)26(17-21-10-5-3-6-11-21)32(18-22-12-7-4-8-13-22)27(33)20-35-19-23-24(29)14-9-15-25(23)30/h3-15,26H,2,16-20H2,1H3,(H,31,34)/t26-/m1/s1. The van der Waals surface area contributed by atoms with Crippen LogP contribution < -0.4 is 5.32 Å². The molecule has 3 aromatic rings. The highest BCUT2D eigenvalue weighted by Gasteiger charge is 2.30. The van der Waals surface area contributed by atoms with Gasteiger partial charge in [0, 0.05) is 35.8 Å². The van der Waals surface area contributed by atoms with Gasteiger partial charge in [0.05, 0.1) is 5.75 Å². The van der Waals surface area contributed by atoms with Crippen LogP contribution in [-0.2, 0) is 28.3 Å². The summed E-state index contributed by atoms with van der Waals surface area (Å²) < 4.78 is 14.2. The van der Waals surface area contributed by atoms with Gasteiger partial charge in [-0.05, 0) is 29.7 Å². The molecule has 0 aromatic heterocycles. The summed E-state index contributed by atoms with van der Waals surface area (Å²) in [6, 6.07) is 23.2. The van der Waals surface area contributed by atoms with Crippen molar-refractivity contribution in [1.82, 2.24) is 10.2 Å². The number of amides is 2. The van der Waals surface area contributed by atoms with Gasteiger partial charge in [-0.25, -0.2) is 4.39 Å². The summed E-state index contributed by atoms with van der Waals surface area (Å²) in [4.78, 5) is 28.4. The molecule has 4 nitrogen and oxygen atoms in total. The molecule has 1 N–H and O–H groups in total. The highest BCUT2D eigenvalue weighted by molar-refractivity contribution is 7.99. The molecule has 0 heterocycles. The van der Waals surface area contributed by atoms with Crippen molar-refractivity contribution in [1.29, 1.82) is 0 Å². The van der Waals surface area contributed by atoms with Crippen molar-refractivity contribution in [3.05, 3.63) is 106 Å². The van der Waals surface area contributed by atoms with Crippen LogP contribution in [0.2, 0.25) is 5.02 Å². The molecular formula is C28H30ClFN2O2S. The second-order valence-corrected chi connectivity index (χ2v) is 9.59. The van der Waals surface area contributed by atoms with Crippen molar-refractivity contribution in [2.45, 2.75) is 38.1 Å². The molecule has 0 radical (unpaired) electrons. The van der Waals surface area contributed by atoms with Gasteiger partial charge in [-0.3, -0.25) is 9.59 Å². The Kier molecular flexibility index (Phi) is 10.6. The van der Waals surface area contributed by atoms with E-state index < -0.39 is 6.04 Å². The second kappa shape index (κ2) is 13.9. The number of rotatable bonds is 12. The number of thioether (sulfide) groups is 1. The first kappa shape index (κ1) is 26.8. The van der Waals surface area contributed by atoms with Crippen LogP contribution in [0.3, 0.4) is 0 Å². The van der Waals surface area contributed by atoms with Gasteiger partial charge in [0.25, 0.3) is 0 Å². The average Bonchev–Trinajstić information content (AvgIpc) is 2.87. The van der Waals surface area contributed by atoms with E-state index in [9.17, 15) is 14.0 Å². The molecule has 0 aliphatic carbocycles. The monoisotopic (exact) mass is 512 g/mol. The van der Waals surface area contributed by atoms with Crippen molar-refractivity contribution in [2.24, 2.45) is 0 Å². The van der Waals surface area contributed by atoms with Crippen molar-refractivity contribution >= 4 is 35.2 Å². The first-order valence-electron chi connectivity index (χ1n) is 11.6. The van der Waals surface area contributed by atoms with E-state index in [1.807, 2.05) is 67.6 Å². The lowest BCUT2D eigenvalue weighted by Crippen LogP contribution is -2.51. The predicted molar refractivity (Wildman–Crippen MR) is 142 cm³/mol. The third-order valence-corrected chi connectivity index (χ3v) is 6.85. The second-order valence-electron chi connectivity index (χ2n) is 8.20. The predicted octanol–water partition coefficient (Wildman–Crippen LogP) is 5.88. The number of hydrogen-bond donors (Lipinski definition) is 1. The minimum atomic E-state index is -0.672. The molecule has 0 aliphatic rings. The van der Waals surface area contributed by atoms with Crippen LogP contribution in [0, 0.1) is 5.82 Å². The lowest BCUT2D eigenvalue weighted by atomic mass is 10.0. The van der Waals surface area contributed by atoms with Gasteiger partial charge in [0.15, 0.2) is 0 Å². The van der Waals surface area contributed by atoms with Crippen LogP contribution in [0.5, 0.6) is 0 Å². The number of benzene rings is 3. The van der Waals surface area contributed by atoms with Crippen LogP contribution in [0.15, 0.2) is 78.9 Å². The number of carbonyl (C=O) groups is 2. The van der Waals surface area contributed by atoms with E-state index in [4.69, 9.17) is 11.6 Å². The third-order valence-electron chi connectivity index (χ3n) is 5.55. The highest BCUT2D eigenvalue weighted by atomic mass is 35.5. The fraction of sp³-hybridized carbons (Fsp3) is 0.286. The molecule has 0 saturated carbocycles. The number of halogens is 2. The van der Waals surface area contributed by atoms with Crippen LogP contribution in [0.1, 0.15) is 30.0 Å². The number of carbonyl (C=O) groups excluding carboxylic acids is 2. The molecule has 3 aromatic carbocycles. The maximum atomic E-state index is 14.2. The number of nitrogens with zero attached hydrogens (tertiary/aromatic N) is 1. The molecule has 0 bridgehead atoms. The number of hydrogen-bond acceptors (Lipinski definition) is 3. The molecular weight excluding hydrogens is 483 g/mol. The molecule has 0 aliphatic heterocycles. The largest absolute Gasteiger partial charge is 0.354 e. The number of nitrogens with one attached hydrogen (secondary N) is 1. The van der Waals surface area contributed by atoms with Crippen LogP contribution >= 0.6 is 23.4 Å². The average molecular weight is 513 g/mol. The smallest absolute Gasteiger partial charge is 0.243 e. The molecule has 0 spiro atoms. The Bertz CT molecular complexity index is 1080. The summed E-state index contributed by atoms with van der Waals surface area (Å²) in [5.41, 5.74) is 2.29. The molecule has 7 heteroatoms. The van der Waals surface area contributed by atoms with E-state index in [1.165, 1.54) is 17.8 Å². The Labute approximate surface area is 215 Å². The molecule has 0 fully saturated rings. The zero-order chi connectivity index (χ0) is 25.0. The zero-order valence-corrected chi connectivity index (χ0v) is 21.3. The Hall–Kier alpha value is -2.83. The Morgan fingerprint density at radius 1 is 0.971 bits per heavy atom. The summed E-state index contributed by atoms with van der Waals surface area (Å²) in [6.45, 7) is 2.83. The van der Waals surface area contributed by atoms with Gasteiger partial charge in [-0.15, -0.1) is 11.8 Å². The minimum Gasteiger partial charge on any atom is -0.354 e. The van der Waals surface area contributed by atoms with Gasteiger partial charge in [-0.2, -0.15) is 0 Å². The van der Waals surface area contributed by atoms with Crippen molar-refractivity contribution in [3.8, 4) is 0 Å². The maximum Gasteiger partial charge on any atom is 0.243 e. The Morgan fingerprint density at radius 2 is 1.63 bits per heavy atom. The summed E-state index contributed by atoms with van der Waals surface area (Å²) in [6.07, 6.45) is 1.20. The van der Waals surface area contributed by atoms with Crippen LogP contribution in [-0.4, -0.2) is 35.1 Å². The lowest BCUT2D eigenvalue weighted by Gasteiger charge is -2.31. The summed E-state index contributed by atoms with van der Waals surface area (Å²) in [5.74, 6) is -0.383. The van der Waals surface area contributed by atoms with E-state index in [0.717, 1.165) is 17.5 Å². The molecule has 1 atom stereocenters. The normalized spacial score (nSPS) is 11.6.